The van der Waals surface area contributed by atoms with Gasteiger partial charge in [0.2, 0.25) is 5.91 Å². The van der Waals surface area contributed by atoms with E-state index >= 15 is 0 Å². The van der Waals surface area contributed by atoms with E-state index in [1.165, 1.54) is 11.9 Å². The predicted molar refractivity (Wildman–Crippen MR) is 60.5 cm³/mol. The second kappa shape index (κ2) is 5.00. The van der Waals surface area contributed by atoms with Crippen LogP contribution in [0.25, 0.3) is 0 Å². The van der Waals surface area contributed by atoms with Gasteiger partial charge in [-0.2, -0.15) is 5.21 Å². The molecule has 1 atom stereocenters. The van der Waals surface area contributed by atoms with Crippen LogP contribution in [0.15, 0.2) is 0 Å². The monoisotopic (exact) mass is 267 g/mol. The van der Waals surface area contributed by atoms with E-state index in [1.807, 2.05) is 0 Å². The highest BCUT2D eigenvalue weighted by molar-refractivity contribution is 6.04. The molecule has 1 aromatic rings. The molecule has 0 saturated carbocycles. The van der Waals surface area contributed by atoms with E-state index in [4.69, 9.17) is 0 Å². The number of imide groups is 1. The SMILES string of the molecule is CC(NC(=O)CN1C(=O)CN(C)C1=O)c1nn[nH]n1. The number of likely N-dealkylation sites (N-methyl/N-ethyl adjacent to an activating group) is 1. The van der Waals surface area contributed by atoms with Gasteiger partial charge in [-0.25, -0.2) is 4.79 Å². The minimum absolute atomic E-state index is 0.00743. The first-order valence-corrected chi connectivity index (χ1v) is 5.57. The van der Waals surface area contributed by atoms with Crippen molar-refractivity contribution in [3.05, 3.63) is 5.82 Å². The number of nitrogens with zero attached hydrogens (tertiary/aromatic N) is 5. The van der Waals surface area contributed by atoms with Gasteiger partial charge < -0.3 is 10.2 Å². The van der Waals surface area contributed by atoms with Crippen molar-refractivity contribution in [3.63, 3.8) is 0 Å². The second-order valence-electron chi connectivity index (χ2n) is 4.18. The van der Waals surface area contributed by atoms with Crippen molar-refractivity contribution in [2.45, 2.75) is 13.0 Å². The lowest BCUT2D eigenvalue weighted by atomic mass is 10.3. The molecule has 1 saturated heterocycles. The largest absolute Gasteiger partial charge is 0.345 e. The molecule has 102 valence electrons. The molecule has 1 aromatic heterocycles. The zero-order valence-electron chi connectivity index (χ0n) is 10.5. The number of rotatable bonds is 4. The van der Waals surface area contributed by atoms with E-state index in [0.717, 1.165) is 4.90 Å². The lowest BCUT2D eigenvalue weighted by molar-refractivity contribution is -0.131. The van der Waals surface area contributed by atoms with Crippen LogP contribution in [0.3, 0.4) is 0 Å². The fourth-order valence-electron chi connectivity index (χ4n) is 1.67. The topological polar surface area (TPSA) is 124 Å². The Kier molecular flexibility index (Phi) is 3.40. The molecular weight excluding hydrogens is 254 g/mol. The van der Waals surface area contributed by atoms with Crippen molar-refractivity contribution in [1.82, 2.24) is 35.7 Å². The number of carbonyl (C=O) groups excluding carboxylic acids is 3. The highest BCUT2D eigenvalue weighted by Crippen LogP contribution is 2.08. The van der Waals surface area contributed by atoms with Gasteiger partial charge in [-0.3, -0.25) is 14.5 Å². The quantitative estimate of drug-likeness (QED) is 0.625. The Morgan fingerprint density at radius 2 is 2.26 bits per heavy atom. The molecule has 10 heteroatoms. The molecule has 0 aliphatic carbocycles. The van der Waals surface area contributed by atoms with Crippen LogP contribution in [0.1, 0.15) is 18.8 Å². The van der Waals surface area contributed by atoms with Crippen LogP contribution in [0.4, 0.5) is 4.79 Å². The molecule has 2 N–H and O–H groups in total. The summed E-state index contributed by atoms with van der Waals surface area (Å²) in [6, 6.07) is -0.941. The van der Waals surface area contributed by atoms with Crippen LogP contribution in [-0.2, 0) is 9.59 Å². The molecule has 0 aromatic carbocycles. The van der Waals surface area contributed by atoms with E-state index in [1.54, 1.807) is 6.92 Å². The molecule has 19 heavy (non-hydrogen) atoms. The maximum Gasteiger partial charge on any atom is 0.327 e. The van der Waals surface area contributed by atoms with Gasteiger partial charge in [0.15, 0.2) is 5.82 Å². The lowest BCUT2D eigenvalue weighted by Crippen LogP contribution is -2.41. The van der Waals surface area contributed by atoms with Crippen molar-refractivity contribution in [2.75, 3.05) is 20.1 Å². The van der Waals surface area contributed by atoms with Crippen LogP contribution in [-0.4, -0.2) is 68.4 Å². The zero-order valence-corrected chi connectivity index (χ0v) is 10.5. The molecule has 0 spiro atoms. The van der Waals surface area contributed by atoms with Gasteiger partial charge >= 0.3 is 6.03 Å². The third-order valence-corrected chi connectivity index (χ3v) is 2.66. The summed E-state index contributed by atoms with van der Waals surface area (Å²) in [6.45, 7) is 1.35. The summed E-state index contributed by atoms with van der Waals surface area (Å²) >= 11 is 0. The summed E-state index contributed by atoms with van der Waals surface area (Å²) in [6.07, 6.45) is 0. The van der Waals surface area contributed by atoms with Crippen molar-refractivity contribution in [1.29, 1.82) is 0 Å². The number of H-pyrrole nitrogens is 1. The second-order valence-corrected chi connectivity index (χ2v) is 4.18. The standard InChI is InChI=1S/C9H13N7O3/c1-5(8-11-13-14-12-8)10-6(17)3-16-7(18)4-15(2)9(16)19/h5H,3-4H2,1-2H3,(H,10,17)(H,11,12,13,14). The van der Waals surface area contributed by atoms with Crippen LogP contribution in [0.5, 0.6) is 0 Å². The average molecular weight is 267 g/mol. The Balaban J connectivity index is 1.91. The van der Waals surface area contributed by atoms with Crippen LogP contribution >= 0.6 is 0 Å². The number of aromatic nitrogens is 4. The Bertz CT molecular complexity index is 500. The average Bonchev–Trinajstić information content (AvgIpc) is 2.94. The molecule has 1 aliphatic heterocycles. The van der Waals surface area contributed by atoms with E-state index in [2.05, 4.69) is 25.9 Å². The fraction of sp³-hybridized carbons (Fsp3) is 0.556. The van der Waals surface area contributed by atoms with Crippen molar-refractivity contribution in [2.24, 2.45) is 0 Å². The number of carbonyl (C=O) groups is 3. The van der Waals surface area contributed by atoms with Gasteiger partial charge in [0, 0.05) is 7.05 Å². The predicted octanol–water partition coefficient (Wildman–Crippen LogP) is -1.73. The van der Waals surface area contributed by atoms with E-state index in [9.17, 15) is 14.4 Å². The number of amides is 4. The molecule has 0 radical (unpaired) electrons. The van der Waals surface area contributed by atoms with Crippen molar-refractivity contribution >= 4 is 17.8 Å². The Morgan fingerprint density at radius 3 is 2.79 bits per heavy atom. The summed E-state index contributed by atoms with van der Waals surface area (Å²) in [5, 5.41) is 15.7. The van der Waals surface area contributed by atoms with E-state index in [-0.39, 0.29) is 13.1 Å². The van der Waals surface area contributed by atoms with Gasteiger partial charge in [0.1, 0.15) is 13.1 Å². The minimum atomic E-state index is -0.479. The van der Waals surface area contributed by atoms with Gasteiger partial charge in [-0.05, 0) is 6.92 Å². The molecule has 2 heterocycles. The van der Waals surface area contributed by atoms with Gasteiger partial charge in [0.25, 0.3) is 5.91 Å². The maximum atomic E-state index is 11.7. The summed E-state index contributed by atoms with van der Waals surface area (Å²) < 4.78 is 0. The summed E-state index contributed by atoms with van der Waals surface area (Å²) in [4.78, 5) is 37.0. The highest BCUT2D eigenvalue weighted by atomic mass is 16.2. The third-order valence-electron chi connectivity index (χ3n) is 2.66. The molecule has 10 nitrogen and oxygen atoms in total. The smallest absolute Gasteiger partial charge is 0.327 e. The molecule has 1 aliphatic rings. The van der Waals surface area contributed by atoms with Crippen LogP contribution < -0.4 is 5.32 Å². The summed E-state index contributed by atoms with van der Waals surface area (Å²) in [5.74, 6) is -0.534. The Morgan fingerprint density at radius 1 is 1.53 bits per heavy atom. The molecule has 1 unspecified atom stereocenters. The number of hydrogen-bond donors (Lipinski definition) is 2. The molecular formula is C9H13N7O3. The number of hydrogen-bond acceptors (Lipinski definition) is 6. The number of tetrazole rings is 1. The third kappa shape index (κ3) is 2.67. The maximum absolute atomic E-state index is 11.7. The zero-order chi connectivity index (χ0) is 14.0. The summed E-state index contributed by atoms with van der Waals surface area (Å²) in [5.41, 5.74) is 0. The molecule has 4 amide bonds. The van der Waals surface area contributed by atoms with Crippen molar-refractivity contribution in [3.8, 4) is 0 Å². The normalized spacial score (nSPS) is 16.9. The van der Waals surface area contributed by atoms with Gasteiger partial charge in [0.05, 0.1) is 6.04 Å². The van der Waals surface area contributed by atoms with Crippen molar-refractivity contribution < 1.29 is 14.4 Å². The first kappa shape index (κ1) is 12.9. The first-order valence-electron chi connectivity index (χ1n) is 5.57. The van der Waals surface area contributed by atoms with Gasteiger partial charge in [-0.1, -0.05) is 5.21 Å². The number of nitrogens with one attached hydrogen (secondary N) is 2. The highest BCUT2D eigenvalue weighted by Gasteiger charge is 2.35. The first-order chi connectivity index (χ1) is 8.99. The van der Waals surface area contributed by atoms with E-state index < -0.39 is 23.9 Å². The van der Waals surface area contributed by atoms with Crippen LogP contribution in [0, 0.1) is 0 Å². The Labute approximate surface area is 108 Å². The van der Waals surface area contributed by atoms with Crippen LogP contribution in [0.2, 0.25) is 0 Å². The minimum Gasteiger partial charge on any atom is -0.345 e. The molecule has 2 rings (SSSR count). The lowest BCUT2D eigenvalue weighted by Gasteiger charge is -2.15. The van der Waals surface area contributed by atoms with Gasteiger partial charge in [-0.15, -0.1) is 10.2 Å². The van der Waals surface area contributed by atoms with E-state index in [0.29, 0.717) is 5.82 Å². The fourth-order valence-corrected chi connectivity index (χ4v) is 1.67. The number of urea groups is 1. The Hall–Kier alpha value is -2.52. The molecule has 1 fully saturated rings. The summed E-state index contributed by atoms with van der Waals surface area (Å²) in [7, 11) is 1.50. The molecule has 0 bridgehead atoms. The number of aromatic amines is 1.